The second-order valence-electron chi connectivity index (χ2n) is 9.90. The minimum absolute atomic E-state index is 0.112. The topological polar surface area (TPSA) is 86.8 Å². The molecule has 0 aliphatic carbocycles. The summed E-state index contributed by atoms with van der Waals surface area (Å²) in [5, 5.41) is 3.42. The minimum atomic E-state index is -3.57. The highest BCUT2D eigenvalue weighted by Crippen LogP contribution is 2.22. The van der Waals surface area contributed by atoms with Gasteiger partial charge in [-0.3, -0.25) is 13.9 Å². The summed E-state index contributed by atoms with van der Waals surface area (Å²) < 4.78 is 26.1. The first kappa shape index (κ1) is 29.6. The minimum Gasteiger partial charge on any atom is -0.350 e. The summed E-state index contributed by atoms with van der Waals surface area (Å²) >= 11 is 6.06. The van der Waals surface area contributed by atoms with Crippen LogP contribution in [-0.4, -0.2) is 56.1 Å². The molecule has 0 saturated carbocycles. The van der Waals surface area contributed by atoms with Crippen molar-refractivity contribution in [1.29, 1.82) is 0 Å². The molecule has 0 heterocycles. The number of amides is 2. The van der Waals surface area contributed by atoms with Gasteiger partial charge in [0.25, 0.3) is 0 Å². The highest BCUT2D eigenvalue weighted by Gasteiger charge is 2.30. The van der Waals surface area contributed by atoms with Gasteiger partial charge >= 0.3 is 0 Å². The predicted molar refractivity (Wildman–Crippen MR) is 147 cm³/mol. The molecular formula is C27H38ClN3O4S. The van der Waals surface area contributed by atoms with Crippen molar-refractivity contribution < 1.29 is 18.0 Å². The first-order valence-electron chi connectivity index (χ1n) is 12.2. The molecule has 0 radical (unpaired) electrons. The monoisotopic (exact) mass is 535 g/mol. The Balaban J connectivity index is 2.18. The zero-order valence-corrected chi connectivity index (χ0v) is 23.4. The van der Waals surface area contributed by atoms with E-state index in [-0.39, 0.29) is 24.8 Å². The Bertz CT molecular complexity index is 1120. The maximum Gasteiger partial charge on any atom is 0.243 e. The van der Waals surface area contributed by atoms with E-state index in [9.17, 15) is 18.0 Å². The molecule has 0 saturated heterocycles. The summed E-state index contributed by atoms with van der Waals surface area (Å²) in [4.78, 5) is 28.1. The lowest BCUT2D eigenvalue weighted by Gasteiger charge is -2.33. The van der Waals surface area contributed by atoms with E-state index in [1.165, 1.54) is 4.31 Å². The number of sulfonamides is 1. The van der Waals surface area contributed by atoms with Gasteiger partial charge in [-0.05, 0) is 63.8 Å². The van der Waals surface area contributed by atoms with Gasteiger partial charge in [-0.25, -0.2) is 8.42 Å². The van der Waals surface area contributed by atoms with Crippen molar-refractivity contribution in [1.82, 2.24) is 10.2 Å². The normalized spacial score (nSPS) is 12.6. The maximum absolute atomic E-state index is 13.4. The molecule has 2 rings (SSSR count). The van der Waals surface area contributed by atoms with Crippen molar-refractivity contribution in [2.24, 2.45) is 0 Å². The van der Waals surface area contributed by atoms with Crippen LogP contribution in [0, 0.1) is 0 Å². The van der Waals surface area contributed by atoms with Crippen molar-refractivity contribution in [3.8, 4) is 0 Å². The molecule has 2 aromatic carbocycles. The number of halogens is 1. The Hall–Kier alpha value is -2.58. The number of carbonyl (C=O) groups is 2. The molecule has 0 unspecified atom stereocenters. The summed E-state index contributed by atoms with van der Waals surface area (Å²) in [5.74, 6) is -0.371. The van der Waals surface area contributed by atoms with Crippen LogP contribution in [0.25, 0.3) is 0 Å². The molecule has 2 amide bonds. The molecule has 0 aliphatic rings. The molecule has 0 fully saturated rings. The van der Waals surface area contributed by atoms with Crippen LogP contribution in [0.3, 0.4) is 0 Å². The summed E-state index contributed by atoms with van der Waals surface area (Å²) in [6.07, 6.45) is 2.63. The average molecular weight is 536 g/mol. The van der Waals surface area contributed by atoms with Crippen LogP contribution in [0.5, 0.6) is 0 Å². The van der Waals surface area contributed by atoms with Crippen molar-refractivity contribution in [2.75, 3.05) is 23.7 Å². The maximum atomic E-state index is 13.4. The first-order chi connectivity index (χ1) is 16.8. The van der Waals surface area contributed by atoms with Crippen LogP contribution >= 0.6 is 11.6 Å². The van der Waals surface area contributed by atoms with E-state index in [0.717, 1.165) is 11.8 Å². The lowest BCUT2D eigenvalue weighted by atomic mass is 10.0. The lowest BCUT2D eigenvalue weighted by Crippen LogP contribution is -2.54. The van der Waals surface area contributed by atoms with Crippen LogP contribution in [0.4, 0.5) is 5.69 Å². The van der Waals surface area contributed by atoms with Gasteiger partial charge < -0.3 is 10.2 Å². The van der Waals surface area contributed by atoms with Crippen molar-refractivity contribution in [2.45, 2.75) is 65.0 Å². The summed E-state index contributed by atoms with van der Waals surface area (Å²) in [5.41, 5.74) is 1.10. The highest BCUT2D eigenvalue weighted by atomic mass is 35.5. The summed E-state index contributed by atoms with van der Waals surface area (Å²) in [6, 6.07) is 15.8. The third-order valence-corrected chi connectivity index (χ3v) is 7.05. The molecule has 0 spiro atoms. The Morgan fingerprint density at radius 1 is 1.03 bits per heavy atom. The van der Waals surface area contributed by atoms with Gasteiger partial charge in [-0.1, -0.05) is 54.9 Å². The van der Waals surface area contributed by atoms with E-state index in [0.29, 0.717) is 36.5 Å². The van der Waals surface area contributed by atoms with E-state index in [4.69, 9.17) is 11.6 Å². The molecular weight excluding hydrogens is 498 g/mol. The molecule has 9 heteroatoms. The molecule has 0 aliphatic heterocycles. The average Bonchev–Trinajstić information content (AvgIpc) is 2.77. The van der Waals surface area contributed by atoms with Crippen LogP contribution in [0.1, 0.15) is 52.5 Å². The molecule has 2 aromatic rings. The zero-order valence-electron chi connectivity index (χ0n) is 21.8. The van der Waals surface area contributed by atoms with Gasteiger partial charge in [0.2, 0.25) is 21.8 Å². The van der Waals surface area contributed by atoms with Crippen molar-refractivity contribution in [3.63, 3.8) is 0 Å². The van der Waals surface area contributed by atoms with Gasteiger partial charge in [0, 0.05) is 30.1 Å². The van der Waals surface area contributed by atoms with E-state index >= 15 is 0 Å². The molecule has 0 aromatic heterocycles. The number of carbonyl (C=O) groups excluding carboxylic acids is 2. The van der Waals surface area contributed by atoms with Crippen LogP contribution in [-0.2, 0) is 26.0 Å². The van der Waals surface area contributed by atoms with E-state index in [1.54, 1.807) is 29.2 Å². The fraction of sp³-hybridized carbons (Fsp3) is 0.481. The lowest BCUT2D eigenvalue weighted by molar-refractivity contribution is -0.141. The Kier molecular flexibility index (Phi) is 10.8. The quantitative estimate of drug-likeness (QED) is 0.428. The fourth-order valence-electron chi connectivity index (χ4n) is 3.98. The number of hydrogen-bond acceptors (Lipinski definition) is 4. The van der Waals surface area contributed by atoms with E-state index < -0.39 is 21.6 Å². The molecule has 0 bridgehead atoms. The molecule has 36 heavy (non-hydrogen) atoms. The van der Waals surface area contributed by atoms with Crippen molar-refractivity contribution in [3.05, 3.63) is 65.2 Å². The first-order valence-corrected chi connectivity index (χ1v) is 14.4. The molecule has 1 N–H and O–H groups in total. The van der Waals surface area contributed by atoms with Gasteiger partial charge in [-0.15, -0.1) is 0 Å². The van der Waals surface area contributed by atoms with Gasteiger partial charge in [0.1, 0.15) is 6.04 Å². The predicted octanol–water partition coefficient (Wildman–Crippen LogP) is 4.65. The second-order valence-corrected chi connectivity index (χ2v) is 12.2. The number of benzene rings is 2. The van der Waals surface area contributed by atoms with Crippen LogP contribution < -0.4 is 9.62 Å². The molecule has 1 atom stereocenters. The third-order valence-electron chi connectivity index (χ3n) is 5.62. The Morgan fingerprint density at radius 2 is 1.69 bits per heavy atom. The standard InChI is InChI=1S/C27H38ClN3O4S/c1-6-24(26(33)29-27(2,3)4)30(19-17-21-12-8-7-9-13-21)25(32)16-11-18-31(36(5,34)35)23-15-10-14-22(28)20-23/h7-10,12-15,20,24H,6,11,16-19H2,1-5H3,(H,29,33)/t24-/m0/s1. The van der Waals surface area contributed by atoms with Gasteiger partial charge in [0.15, 0.2) is 0 Å². The van der Waals surface area contributed by atoms with Crippen LogP contribution in [0.2, 0.25) is 5.02 Å². The number of nitrogens with one attached hydrogen (secondary N) is 1. The molecule has 7 nitrogen and oxygen atoms in total. The van der Waals surface area contributed by atoms with E-state index in [1.807, 2.05) is 58.0 Å². The third kappa shape index (κ3) is 9.47. The smallest absolute Gasteiger partial charge is 0.243 e. The van der Waals surface area contributed by atoms with E-state index in [2.05, 4.69) is 5.32 Å². The summed E-state index contributed by atoms with van der Waals surface area (Å²) in [7, 11) is -3.57. The zero-order chi connectivity index (χ0) is 26.9. The number of anilines is 1. The Morgan fingerprint density at radius 3 is 2.25 bits per heavy atom. The summed E-state index contributed by atoms with van der Waals surface area (Å²) in [6.45, 7) is 8.13. The molecule has 198 valence electrons. The Labute approximate surface area is 220 Å². The van der Waals surface area contributed by atoms with Crippen molar-refractivity contribution >= 4 is 39.1 Å². The largest absolute Gasteiger partial charge is 0.350 e. The van der Waals surface area contributed by atoms with Crippen LogP contribution in [0.15, 0.2) is 54.6 Å². The number of hydrogen-bond donors (Lipinski definition) is 1. The second kappa shape index (κ2) is 13.1. The number of rotatable bonds is 12. The highest BCUT2D eigenvalue weighted by molar-refractivity contribution is 7.92. The van der Waals surface area contributed by atoms with Gasteiger partial charge in [0.05, 0.1) is 11.9 Å². The fourth-order valence-corrected chi connectivity index (χ4v) is 5.13. The van der Waals surface area contributed by atoms with Gasteiger partial charge in [-0.2, -0.15) is 0 Å². The SMILES string of the molecule is CC[C@@H](C(=O)NC(C)(C)C)N(CCc1ccccc1)C(=O)CCCN(c1cccc(Cl)c1)S(C)(=O)=O. The number of nitrogens with zero attached hydrogens (tertiary/aromatic N) is 2.